The SMILES string of the molecule is C=CC(O)[14c]1ccccc1. The maximum absolute atomic E-state index is 9.21. The largest absolute Gasteiger partial charge is 0.384 e. The summed E-state index contributed by atoms with van der Waals surface area (Å²) in [6.45, 7) is 3.49. The summed E-state index contributed by atoms with van der Waals surface area (Å²) in [4.78, 5) is 0. The van der Waals surface area contributed by atoms with Crippen LogP contribution in [0.5, 0.6) is 0 Å². The minimum absolute atomic E-state index is 0.527. The Balaban J connectivity index is 2.84. The first-order valence-corrected chi connectivity index (χ1v) is 3.20. The van der Waals surface area contributed by atoms with Crippen molar-refractivity contribution in [1.82, 2.24) is 0 Å². The van der Waals surface area contributed by atoms with Gasteiger partial charge in [-0.3, -0.25) is 0 Å². The quantitative estimate of drug-likeness (QED) is 0.616. The number of rotatable bonds is 2. The van der Waals surface area contributed by atoms with Crippen molar-refractivity contribution in [2.75, 3.05) is 0 Å². The summed E-state index contributed by atoms with van der Waals surface area (Å²) < 4.78 is 0. The van der Waals surface area contributed by atoms with E-state index in [-0.39, 0.29) is 0 Å². The molecule has 1 N–H and O–H groups in total. The van der Waals surface area contributed by atoms with E-state index in [1.54, 1.807) is 0 Å². The van der Waals surface area contributed by atoms with Crippen LogP contribution in [0.2, 0.25) is 0 Å². The van der Waals surface area contributed by atoms with Gasteiger partial charge in [-0.2, -0.15) is 0 Å². The highest BCUT2D eigenvalue weighted by Crippen LogP contribution is 2.11. The average molecular weight is 136 g/mol. The molecule has 0 heterocycles. The molecule has 1 nitrogen and oxygen atoms in total. The molecule has 0 saturated carbocycles. The van der Waals surface area contributed by atoms with Gasteiger partial charge in [0.2, 0.25) is 0 Å². The molecule has 0 aliphatic carbocycles. The van der Waals surface area contributed by atoms with Crippen molar-refractivity contribution in [1.29, 1.82) is 0 Å². The molecule has 52 valence electrons. The Labute approximate surface area is 60.6 Å². The van der Waals surface area contributed by atoms with Gasteiger partial charge in [0.05, 0.1) is 6.10 Å². The fraction of sp³-hybridized carbons (Fsp3) is 0.111. The van der Waals surface area contributed by atoms with Crippen LogP contribution in [0.1, 0.15) is 11.7 Å². The molecule has 0 saturated heterocycles. The van der Waals surface area contributed by atoms with Gasteiger partial charge in [0.25, 0.3) is 0 Å². The summed E-state index contributed by atoms with van der Waals surface area (Å²) in [6, 6.07) is 9.43. The summed E-state index contributed by atoms with van der Waals surface area (Å²) >= 11 is 0. The first-order valence-electron chi connectivity index (χ1n) is 3.20. The smallest absolute Gasteiger partial charge is 0.0969 e. The maximum atomic E-state index is 9.21. The average Bonchev–Trinajstić information content (AvgIpc) is 2.05. The molecule has 0 fully saturated rings. The normalized spacial score (nSPS) is 12.5. The zero-order valence-electron chi connectivity index (χ0n) is 5.70. The molecule has 1 unspecified atom stereocenters. The van der Waals surface area contributed by atoms with Crippen molar-refractivity contribution in [2.24, 2.45) is 0 Å². The molecule has 0 aliphatic rings. The molecule has 0 aliphatic heterocycles. The molecule has 1 aromatic rings. The van der Waals surface area contributed by atoms with Crippen LogP contribution in [0.4, 0.5) is 0 Å². The van der Waals surface area contributed by atoms with Gasteiger partial charge in [-0.1, -0.05) is 36.4 Å². The van der Waals surface area contributed by atoms with Gasteiger partial charge in [-0.05, 0) is 5.56 Å². The Morgan fingerprint density at radius 2 is 1.90 bits per heavy atom. The van der Waals surface area contributed by atoms with Crippen molar-refractivity contribution < 1.29 is 5.11 Å². The molecular formula is C9H10O. The van der Waals surface area contributed by atoms with Crippen molar-refractivity contribution in [3.05, 3.63) is 48.6 Å². The summed E-state index contributed by atoms with van der Waals surface area (Å²) in [7, 11) is 0. The number of aliphatic hydroxyl groups is 1. The number of aliphatic hydroxyl groups excluding tert-OH is 1. The van der Waals surface area contributed by atoms with Crippen molar-refractivity contribution in [3.63, 3.8) is 0 Å². The van der Waals surface area contributed by atoms with Crippen LogP contribution in [0.25, 0.3) is 0 Å². The first kappa shape index (κ1) is 7.03. The Morgan fingerprint density at radius 1 is 1.30 bits per heavy atom. The molecule has 0 bridgehead atoms. The second kappa shape index (κ2) is 3.18. The lowest BCUT2D eigenvalue weighted by Gasteiger charge is -2.02. The fourth-order valence-corrected chi connectivity index (χ4v) is 0.786. The zero-order chi connectivity index (χ0) is 7.40. The Kier molecular flexibility index (Phi) is 2.24. The van der Waals surface area contributed by atoms with Crippen LogP contribution < -0.4 is 0 Å². The van der Waals surface area contributed by atoms with Crippen LogP contribution in [0.3, 0.4) is 0 Å². The number of benzene rings is 1. The molecule has 0 amide bonds. The zero-order valence-corrected chi connectivity index (χ0v) is 5.70. The van der Waals surface area contributed by atoms with Crippen LogP contribution in [0.15, 0.2) is 43.0 Å². The van der Waals surface area contributed by atoms with E-state index in [0.29, 0.717) is 0 Å². The van der Waals surface area contributed by atoms with Gasteiger partial charge in [-0.25, -0.2) is 0 Å². The number of hydrogen-bond donors (Lipinski definition) is 1. The highest BCUT2D eigenvalue weighted by molar-refractivity contribution is 5.19. The van der Waals surface area contributed by atoms with Gasteiger partial charge < -0.3 is 5.11 Å². The van der Waals surface area contributed by atoms with Crippen LogP contribution in [-0.4, -0.2) is 5.11 Å². The molecule has 1 rings (SSSR count). The van der Waals surface area contributed by atoms with E-state index < -0.39 is 6.10 Å². The van der Waals surface area contributed by atoms with E-state index in [4.69, 9.17) is 0 Å². The van der Waals surface area contributed by atoms with E-state index in [2.05, 4.69) is 6.58 Å². The van der Waals surface area contributed by atoms with Gasteiger partial charge in [-0.15, -0.1) is 6.58 Å². The third-order valence-corrected chi connectivity index (χ3v) is 1.36. The molecule has 10 heavy (non-hydrogen) atoms. The summed E-state index contributed by atoms with van der Waals surface area (Å²) in [5.41, 5.74) is 0.887. The van der Waals surface area contributed by atoms with E-state index in [0.717, 1.165) is 5.56 Å². The highest BCUT2D eigenvalue weighted by atomic mass is 16.3. The van der Waals surface area contributed by atoms with Crippen molar-refractivity contribution in [2.45, 2.75) is 6.10 Å². The molecule has 0 radical (unpaired) electrons. The van der Waals surface area contributed by atoms with Crippen molar-refractivity contribution in [3.8, 4) is 0 Å². The number of hydrogen-bond acceptors (Lipinski definition) is 1. The van der Waals surface area contributed by atoms with Gasteiger partial charge in [0, 0.05) is 0 Å². The van der Waals surface area contributed by atoms with Gasteiger partial charge >= 0.3 is 0 Å². The second-order valence-corrected chi connectivity index (χ2v) is 2.09. The lowest BCUT2D eigenvalue weighted by molar-refractivity contribution is 0.229. The monoisotopic (exact) mass is 136 g/mol. The van der Waals surface area contributed by atoms with Gasteiger partial charge in [0.1, 0.15) is 0 Å². The predicted molar refractivity (Wildman–Crippen MR) is 41.6 cm³/mol. The maximum Gasteiger partial charge on any atom is 0.0969 e. The molecular weight excluding hydrogens is 126 g/mol. The van der Waals surface area contributed by atoms with E-state index >= 15 is 0 Å². The lowest BCUT2D eigenvalue weighted by atomic mass is 10.4. The molecule has 1 heteroatoms. The van der Waals surface area contributed by atoms with Crippen molar-refractivity contribution >= 4 is 0 Å². The molecule has 0 aromatic heterocycles. The van der Waals surface area contributed by atoms with Gasteiger partial charge in [0.15, 0.2) is 0 Å². The Hall–Kier alpha value is -1.08. The van der Waals surface area contributed by atoms with Crippen LogP contribution in [0, 0.1) is 0 Å². The molecule has 1 aromatic carbocycles. The third kappa shape index (κ3) is 1.45. The fourth-order valence-electron chi connectivity index (χ4n) is 0.786. The summed E-state index contributed by atoms with van der Waals surface area (Å²) in [6.07, 6.45) is 0.983. The third-order valence-electron chi connectivity index (χ3n) is 1.36. The predicted octanol–water partition coefficient (Wildman–Crippen LogP) is 1.91. The molecule has 0 spiro atoms. The first-order chi connectivity index (χ1) is 4.84. The van der Waals surface area contributed by atoms with Crippen LogP contribution in [-0.2, 0) is 0 Å². The lowest BCUT2D eigenvalue weighted by Crippen LogP contribution is -1.90. The summed E-state index contributed by atoms with van der Waals surface area (Å²) in [5, 5.41) is 9.21. The van der Waals surface area contributed by atoms with Crippen LogP contribution >= 0.6 is 0 Å². The Bertz CT molecular complexity index is 203. The standard InChI is InChI=1S/C9H10O/c1-2-9(10)8-6-4-3-5-7-8/h2-7,9-10H,1H2/i8+2. The van der Waals surface area contributed by atoms with E-state index in [1.165, 1.54) is 6.08 Å². The summed E-state index contributed by atoms with van der Waals surface area (Å²) in [5.74, 6) is 0. The minimum atomic E-state index is -0.527. The van der Waals surface area contributed by atoms with E-state index in [9.17, 15) is 5.11 Å². The molecule has 1 atom stereocenters. The second-order valence-electron chi connectivity index (χ2n) is 2.09. The topological polar surface area (TPSA) is 20.2 Å². The Morgan fingerprint density at radius 3 is 2.40 bits per heavy atom. The highest BCUT2D eigenvalue weighted by Gasteiger charge is 1.98. The van der Waals surface area contributed by atoms with E-state index in [1.807, 2.05) is 30.3 Å². The minimum Gasteiger partial charge on any atom is -0.384 e.